The number of methoxy groups -OCH3 is 1. The highest BCUT2D eigenvalue weighted by Gasteiger charge is 2.44. The van der Waals surface area contributed by atoms with Crippen LogP contribution in [0.4, 0.5) is 0 Å². The van der Waals surface area contributed by atoms with E-state index in [9.17, 15) is 0 Å². The molecule has 0 amide bonds. The van der Waals surface area contributed by atoms with Gasteiger partial charge in [0.15, 0.2) is 5.79 Å². The third-order valence-corrected chi connectivity index (χ3v) is 4.67. The molecule has 1 heterocycles. The summed E-state index contributed by atoms with van der Waals surface area (Å²) in [4.78, 5) is 0. The van der Waals surface area contributed by atoms with Crippen LogP contribution in [0.1, 0.15) is 25.0 Å². The zero-order chi connectivity index (χ0) is 19.3. The predicted octanol–water partition coefficient (Wildman–Crippen LogP) is 3.30. The van der Waals surface area contributed by atoms with Crippen molar-refractivity contribution in [3.05, 3.63) is 65.7 Å². The van der Waals surface area contributed by atoms with Gasteiger partial charge in [-0.1, -0.05) is 42.5 Å². The Morgan fingerprint density at radius 2 is 1.70 bits per heavy atom. The van der Waals surface area contributed by atoms with Gasteiger partial charge in [0.05, 0.1) is 20.3 Å². The zero-order valence-corrected chi connectivity index (χ0v) is 16.3. The standard InChI is InChI=1S/C22H29NO4/c1-22(2)26-20(15-25-14-17-7-5-4-6-8-17)21(27-22)19(23)13-16-9-11-18(24-3)12-10-16/h4-12,19-21H,13-15,23H2,1-3H3/t19-,20+,21+/m1/s1. The van der Waals surface area contributed by atoms with Crippen LogP contribution >= 0.6 is 0 Å². The van der Waals surface area contributed by atoms with Crippen molar-refractivity contribution in [2.24, 2.45) is 5.73 Å². The largest absolute Gasteiger partial charge is 0.497 e. The van der Waals surface area contributed by atoms with Crippen LogP contribution in [0.15, 0.2) is 54.6 Å². The number of benzene rings is 2. The number of hydrogen-bond acceptors (Lipinski definition) is 5. The summed E-state index contributed by atoms with van der Waals surface area (Å²) >= 11 is 0. The van der Waals surface area contributed by atoms with E-state index in [0.29, 0.717) is 19.6 Å². The first-order valence-electron chi connectivity index (χ1n) is 9.33. The summed E-state index contributed by atoms with van der Waals surface area (Å²) in [6, 6.07) is 17.8. The van der Waals surface area contributed by atoms with Crippen LogP contribution in [-0.4, -0.2) is 37.8 Å². The average molecular weight is 371 g/mol. The van der Waals surface area contributed by atoms with Gasteiger partial charge in [0, 0.05) is 6.04 Å². The Hall–Kier alpha value is -1.92. The minimum Gasteiger partial charge on any atom is -0.497 e. The van der Waals surface area contributed by atoms with Crippen LogP contribution in [0.5, 0.6) is 5.75 Å². The first-order valence-corrected chi connectivity index (χ1v) is 9.33. The van der Waals surface area contributed by atoms with Crippen LogP contribution in [0.3, 0.4) is 0 Å². The van der Waals surface area contributed by atoms with Gasteiger partial charge in [-0.25, -0.2) is 0 Å². The second-order valence-electron chi connectivity index (χ2n) is 7.36. The maximum Gasteiger partial charge on any atom is 0.163 e. The summed E-state index contributed by atoms with van der Waals surface area (Å²) in [5.74, 6) is 0.171. The Morgan fingerprint density at radius 3 is 2.37 bits per heavy atom. The fraction of sp³-hybridized carbons (Fsp3) is 0.455. The Bertz CT molecular complexity index is 702. The van der Waals surface area contributed by atoms with E-state index in [1.165, 1.54) is 0 Å². The molecule has 5 nitrogen and oxygen atoms in total. The van der Waals surface area contributed by atoms with Crippen molar-refractivity contribution < 1.29 is 18.9 Å². The summed E-state index contributed by atoms with van der Waals surface area (Å²) in [6.45, 7) is 4.81. The van der Waals surface area contributed by atoms with E-state index in [2.05, 4.69) is 0 Å². The normalized spacial score (nSPS) is 22.5. The number of hydrogen-bond donors (Lipinski definition) is 1. The molecule has 3 atom stereocenters. The van der Waals surface area contributed by atoms with Crippen LogP contribution < -0.4 is 10.5 Å². The van der Waals surface area contributed by atoms with Crippen LogP contribution in [-0.2, 0) is 27.2 Å². The van der Waals surface area contributed by atoms with Crippen molar-refractivity contribution in [3.63, 3.8) is 0 Å². The Kier molecular flexibility index (Phi) is 6.50. The quantitative estimate of drug-likeness (QED) is 0.771. The lowest BCUT2D eigenvalue weighted by atomic mass is 9.99. The molecule has 1 aliphatic rings. The van der Waals surface area contributed by atoms with Crippen molar-refractivity contribution in [2.45, 2.75) is 50.9 Å². The second-order valence-corrected chi connectivity index (χ2v) is 7.36. The Labute approximate surface area is 161 Å². The molecule has 1 aliphatic heterocycles. The van der Waals surface area contributed by atoms with Gasteiger partial charge < -0.3 is 24.7 Å². The van der Waals surface area contributed by atoms with Gasteiger partial charge in [0.1, 0.15) is 18.0 Å². The molecule has 27 heavy (non-hydrogen) atoms. The molecule has 146 valence electrons. The molecule has 0 aromatic heterocycles. The fourth-order valence-corrected chi connectivity index (χ4v) is 3.37. The van der Waals surface area contributed by atoms with Gasteiger partial charge in [-0.05, 0) is 43.5 Å². The summed E-state index contributed by atoms with van der Waals surface area (Å²) in [5, 5.41) is 0. The van der Waals surface area contributed by atoms with Crippen molar-refractivity contribution in [1.82, 2.24) is 0 Å². The van der Waals surface area contributed by atoms with E-state index in [4.69, 9.17) is 24.7 Å². The molecular formula is C22H29NO4. The molecule has 0 radical (unpaired) electrons. The minimum absolute atomic E-state index is 0.189. The molecule has 2 aromatic carbocycles. The molecule has 3 rings (SSSR count). The molecule has 0 unspecified atom stereocenters. The highest BCUT2D eigenvalue weighted by Crippen LogP contribution is 2.31. The molecule has 0 saturated carbocycles. The molecule has 0 spiro atoms. The smallest absolute Gasteiger partial charge is 0.163 e. The van der Waals surface area contributed by atoms with Crippen molar-refractivity contribution >= 4 is 0 Å². The van der Waals surface area contributed by atoms with Crippen LogP contribution in [0, 0.1) is 0 Å². The number of nitrogens with two attached hydrogens (primary N) is 1. The summed E-state index contributed by atoms with van der Waals surface area (Å²) in [7, 11) is 1.66. The minimum atomic E-state index is -0.664. The number of rotatable bonds is 8. The van der Waals surface area contributed by atoms with Gasteiger partial charge in [-0.15, -0.1) is 0 Å². The zero-order valence-electron chi connectivity index (χ0n) is 16.3. The lowest BCUT2D eigenvalue weighted by molar-refractivity contribution is -0.152. The van der Waals surface area contributed by atoms with Gasteiger partial charge in [0.2, 0.25) is 0 Å². The highest BCUT2D eigenvalue weighted by molar-refractivity contribution is 5.27. The van der Waals surface area contributed by atoms with Crippen LogP contribution in [0.25, 0.3) is 0 Å². The Balaban J connectivity index is 1.58. The third-order valence-electron chi connectivity index (χ3n) is 4.67. The molecule has 0 aliphatic carbocycles. The van der Waals surface area contributed by atoms with Gasteiger partial charge >= 0.3 is 0 Å². The average Bonchev–Trinajstić information content (AvgIpc) is 2.98. The monoisotopic (exact) mass is 371 g/mol. The molecular weight excluding hydrogens is 342 g/mol. The lowest BCUT2D eigenvalue weighted by Gasteiger charge is -2.23. The van der Waals surface area contributed by atoms with E-state index in [-0.39, 0.29) is 18.2 Å². The van der Waals surface area contributed by atoms with Crippen molar-refractivity contribution in [1.29, 1.82) is 0 Å². The van der Waals surface area contributed by atoms with E-state index in [1.54, 1.807) is 7.11 Å². The van der Waals surface area contributed by atoms with Gasteiger partial charge in [0.25, 0.3) is 0 Å². The van der Waals surface area contributed by atoms with E-state index in [1.807, 2.05) is 68.4 Å². The highest BCUT2D eigenvalue weighted by atomic mass is 16.8. The third kappa shape index (κ3) is 5.53. The maximum atomic E-state index is 6.48. The lowest BCUT2D eigenvalue weighted by Crippen LogP contribution is -2.44. The maximum absolute atomic E-state index is 6.48. The molecule has 5 heteroatoms. The molecule has 0 bridgehead atoms. The first kappa shape index (κ1) is 19.8. The first-order chi connectivity index (χ1) is 13.0. The topological polar surface area (TPSA) is 62.9 Å². The SMILES string of the molecule is COc1ccc(C[C@@H](N)[C@@H]2OC(C)(C)O[C@H]2COCc2ccccc2)cc1. The molecule has 2 N–H and O–H groups in total. The van der Waals surface area contributed by atoms with E-state index < -0.39 is 5.79 Å². The number of ether oxygens (including phenoxy) is 4. The molecule has 1 saturated heterocycles. The molecule has 2 aromatic rings. The van der Waals surface area contributed by atoms with E-state index >= 15 is 0 Å². The van der Waals surface area contributed by atoms with E-state index in [0.717, 1.165) is 16.9 Å². The van der Waals surface area contributed by atoms with Crippen LogP contribution in [0.2, 0.25) is 0 Å². The van der Waals surface area contributed by atoms with Crippen molar-refractivity contribution in [3.8, 4) is 5.75 Å². The Morgan fingerprint density at radius 1 is 1.00 bits per heavy atom. The van der Waals surface area contributed by atoms with Gasteiger partial charge in [-0.3, -0.25) is 0 Å². The summed E-state index contributed by atoms with van der Waals surface area (Å²) in [5.41, 5.74) is 8.76. The van der Waals surface area contributed by atoms with Crippen molar-refractivity contribution in [2.75, 3.05) is 13.7 Å². The summed E-state index contributed by atoms with van der Waals surface area (Å²) in [6.07, 6.45) is 0.276. The summed E-state index contributed by atoms with van der Waals surface area (Å²) < 4.78 is 23.2. The predicted molar refractivity (Wildman–Crippen MR) is 105 cm³/mol. The fourth-order valence-electron chi connectivity index (χ4n) is 3.37. The molecule has 1 fully saturated rings. The van der Waals surface area contributed by atoms with Gasteiger partial charge in [-0.2, -0.15) is 0 Å². The second kappa shape index (κ2) is 8.85.